The van der Waals surface area contributed by atoms with Gasteiger partial charge in [0.2, 0.25) is 0 Å². The molecular weight excluding hydrogens is 876 g/mol. The molecule has 0 radical (unpaired) electrons. The number of imidazole rings is 1. The molecular formula is C52H39N4Pt-. The van der Waals surface area contributed by atoms with Gasteiger partial charge in [-0.1, -0.05) is 109 Å². The Hall–Kier alpha value is -6.35. The van der Waals surface area contributed by atoms with E-state index in [1.165, 1.54) is 16.7 Å². The van der Waals surface area contributed by atoms with Gasteiger partial charge in [0, 0.05) is 63.1 Å². The molecule has 10 rings (SSSR count). The predicted octanol–water partition coefficient (Wildman–Crippen LogP) is 12.0. The van der Waals surface area contributed by atoms with Crippen molar-refractivity contribution in [2.75, 3.05) is 0 Å². The number of hydrogen-bond donors (Lipinski definition) is 0. The fourth-order valence-electron chi connectivity index (χ4n) is 8.90. The van der Waals surface area contributed by atoms with E-state index in [9.17, 15) is 0 Å². The largest absolute Gasteiger partial charge is 0.319 e. The van der Waals surface area contributed by atoms with Crippen LogP contribution in [0.5, 0.6) is 0 Å². The van der Waals surface area contributed by atoms with Gasteiger partial charge in [-0.05, 0) is 82.9 Å². The Morgan fingerprint density at radius 2 is 1.18 bits per heavy atom. The Balaban J connectivity index is 0.00000422. The Morgan fingerprint density at radius 3 is 1.89 bits per heavy atom. The molecule has 0 amide bonds. The molecule has 0 unspecified atom stereocenters. The van der Waals surface area contributed by atoms with Crippen LogP contribution in [-0.2, 0) is 33.5 Å². The number of nitrogens with zero attached hydrogens (tertiary/aromatic N) is 4. The van der Waals surface area contributed by atoms with Gasteiger partial charge in [-0.2, -0.15) is 30.3 Å². The van der Waals surface area contributed by atoms with E-state index in [0.717, 1.165) is 72.2 Å². The van der Waals surface area contributed by atoms with E-state index in [2.05, 4.69) is 223 Å². The number of benzene rings is 7. The molecule has 3 heterocycles. The average Bonchev–Trinajstić information content (AvgIpc) is 3.76. The van der Waals surface area contributed by atoms with Gasteiger partial charge < -0.3 is 4.57 Å². The molecule has 0 fully saturated rings. The molecule has 7 aromatic carbocycles. The van der Waals surface area contributed by atoms with Crippen molar-refractivity contribution >= 4 is 32.8 Å². The molecule has 0 atom stereocenters. The van der Waals surface area contributed by atoms with Crippen molar-refractivity contribution in [2.45, 2.75) is 19.3 Å². The molecule has 0 saturated carbocycles. The van der Waals surface area contributed by atoms with Gasteiger partial charge in [-0.3, -0.25) is 0 Å². The van der Waals surface area contributed by atoms with Crippen molar-refractivity contribution < 1.29 is 21.1 Å². The fraction of sp³-hybridized carbons (Fsp3) is 0.0769. The number of para-hydroxylation sites is 3. The van der Waals surface area contributed by atoms with Crippen molar-refractivity contribution in [3.05, 3.63) is 228 Å². The van der Waals surface area contributed by atoms with E-state index in [-0.39, 0.29) is 21.1 Å². The van der Waals surface area contributed by atoms with Crippen LogP contribution in [0.15, 0.2) is 182 Å². The van der Waals surface area contributed by atoms with Crippen LogP contribution in [0.25, 0.3) is 55.5 Å². The first-order chi connectivity index (χ1) is 27.5. The molecule has 4 nitrogen and oxygen atoms in total. The maximum absolute atomic E-state index is 5.04. The van der Waals surface area contributed by atoms with Gasteiger partial charge in [0.15, 0.2) is 17.4 Å². The van der Waals surface area contributed by atoms with Crippen molar-refractivity contribution in [2.24, 2.45) is 7.05 Å². The van der Waals surface area contributed by atoms with Gasteiger partial charge >= 0.3 is 0 Å². The summed E-state index contributed by atoms with van der Waals surface area (Å²) in [5.74, 6) is 0.857. The van der Waals surface area contributed by atoms with Crippen LogP contribution < -0.4 is 0 Å². The smallest absolute Gasteiger partial charge is 0.188 e. The summed E-state index contributed by atoms with van der Waals surface area (Å²) < 4.78 is 6.69. The number of hydrogen-bond acceptors (Lipinski definition) is 1. The van der Waals surface area contributed by atoms with E-state index >= 15 is 0 Å². The zero-order chi connectivity index (χ0) is 37.8. The molecule has 0 aliphatic rings. The van der Waals surface area contributed by atoms with Gasteiger partial charge in [0.25, 0.3) is 0 Å². The topological polar surface area (TPSA) is 27.7 Å². The van der Waals surface area contributed by atoms with Crippen LogP contribution in [0, 0.1) is 26.0 Å². The molecule has 0 aliphatic heterocycles. The third kappa shape index (κ3) is 5.86. The Labute approximate surface area is 347 Å². The summed E-state index contributed by atoms with van der Waals surface area (Å²) in [5.41, 5.74) is 13.8. The summed E-state index contributed by atoms with van der Waals surface area (Å²) in [6.45, 7) is 4.36. The number of pyridine rings is 1. The van der Waals surface area contributed by atoms with Crippen LogP contribution >= 0.6 is 0 Å². The van der Waals surface area contributed by atoms with Gasteiger partial charge in [-0.15, -0.1) is 22.6 Å². The first kappa shape index (κ1) is 36.3. The normalized spacial score (nSPS) is 11.6. The van der Waals surface area contributed by atoms with Gasteiger partial charge in [-0.25, -0.2) is 14.1 Å². The second-order valence-corrected chi connectivity index (χ2v) is 14.7. The second kappa shape index (κ2) is 14.6. The molecule has 10 aromatic rings. The summed E-state index contributed by atoms with van der Waals surface area (Å²) in [5, 5.41) is 2.29. The third-order valence-corrected chi connectivity index (χ3v) is 11.4. The van der Waals surface area contributed by atoms with Crippen molar-refractivity contribution in [1.82, 2.24) is 18.7 Å². The molecule has 0 N–H and O–H groups in total. The summed E-state index contributed by atoms with van der Waals surface area (Å²) >= 11 is 0. The number of aryl methyl sites for hydroxylation is 3. The zero-order valence-corrected chi connectivity index (χ0v) is 34.2. The summed E-state index contributed by atoms with van der Waals surface area (Å²) in [6.07, 6.45) is 4.08. The Morgan fingerprint density at radius 1 is 0.561 bits per heavy atom. The van der Waals surface area contributed by atoms with E-state index < -0.39 is 5.41 Å². The molecule has 278 valence electrons. The quantitative estimate of drug-likeness (QED) is 0.116. The van der Waals surface area contributed by atoms with Crippen LogP contribution in [0.3, 0.4) is 0 Å². The van der Waals surface area contributed by atoms with Crippen LogP contribution in [0.1, 0.15) is 33.4 Å². The van der Waals surface area contributed by atoms with Crippen molar-refractivity contribution in [3.63, 3.8) is 0 Å². The van der Waals surface area contributed by atoms with Gasteiger partial charge in [0.05, 0.1) is 0 Å². The maximum atomic E-state index is 5.04. The Bertz CT molecular complexity index is 3010. The van der Waals surface area contributed by atoms with E-state index in [1.807, 2.05) is 6.20 Å². The first-order valence-corrected chi connectivity index (χ1v) is 19.1. The molecule has 57 heavy (non-hydrogen) atoms. The predicted molar refractivity (Wildman–Crippen MR) is 230 cm³/mol. The van der Waals surface area contributed by atoms with Crippen molar-refractivity contribution in [1.29, 1.82) is 0 Å². The molecule has 0 saturated heterocycles. The minimum Gasteiger partial charge on any atom is -0.319 e. The van der Waals surface area contributed by atoms with Crippen LogP contribution in [0.4, 0.5) is 0 Å². The number of rotatable bonds is 7. The summed E-state index contributed by atoms with van der Waals surface area (Å²) in [4.78, 5) is 5.04. The molecule has 0 spiro atoms. The molecule has 0 bridgehead atoms. The average molecular weight is 915 g/mol. The number of aromatic nitrogens is 4. The van der Waals surface area contributed by atoms with Gasteiger partial charge in [0.1, 0.15) is 5.82 Å². The first-order valence-electron chi connectivity index (χ1n) is 19.1. The van der Waals surface area contributed by atoms with E-state index in [1.54, 1.807) is 0 Å². The number of fused-ring (bicyclic) bond motifs is 4. The fourth-order valence-corrected chi connectivity index (χ4v) is 8.90. The van der Waals surface area contributed by atoms with Crippen molar-refractivity contribution in [3.8, 4) is 22.6 Å². The third-order valence-electron chi connectivity index (χ3n) is 11.4. The minimum absolute atomic E-state index is 0. The minimum atomic E-state index is -0.771. The molecule has 3 aromatic heterocycles. The van der Waals surface area contributed by atoms with Crippen LogP contribution in [-0.4, -0.2) is 18.7 Å². The van der Waals surface area contributed by atoms with Crippen LogP contribution in [0.2, 0.25) is 0 Å². The zero-order valence-electron chi connectivity index (χ0n) is 31.9. The SMILES string of the molecule is Cc1cccc(C)c1-c1ccnc(-n2c3[c-]c(C(c4[c-]c(-n5[cH+]n(C)c6ccccc65)ccc4)(c4ccccc4)c4ccccc4)ccc3c3ccccc32)c1.[Pt]. The maximum Gasteiger partial charge on any atom is 0.188 e. The van der Waals surface area contributed by atoms with E-state index in [4.69, 9.17) is 4.98 Å². The molecule has 5 heteroatoms. The Kier molecular flexibility index (Phi) is 9.31. The van der Waals surface area contributed by atoms with E-state index in [0.29, 0.717) is 0 Å². The second-order valence-electron chi connectivity index (χ2n) is 14.7. The monoisotopic (exact) mass is 914 g/mol. The summed E-state index contributed by atoms with van der Waals surface area (Å²) in [6, 6.07) is 68.8. The standard InChI is InChI=1S/C52H39N4.Pt/c1-36-16-14-17-37(2)51(36)38-30-31-53-50(32-38)56-46-25-11-10-24-44(46)45-29-28-42(34-49(45)56)52(39-18-6-4-7-19-39,40-20-8-5-9-21-40)41-22-15-23-43(33-41)55-35-54(3)47-26-12-13-27-48(47)55;/h4-32,35H,1-3H3;/q-1;. The molecule has 0 aliphatic carbocycles. The summed E-state index contributed by atoms with van der Waals surface area (Å²) in [7, 11) is 2.09.